The third kappa shape index (κ3) is 7.29. The van der Waals surface area contributed by atoms with Gasteiger partial charge >= 0.3 is 0 Å². The summed E-state index contributed by atoms with van der Waals surface area (Å²) in [6, 6.07) is 11.1. The van der Waals surface area contributed by atoms with Gasteiger partial charge in [-0.05, 0) is 41.8 Å². The molecule has 2 amide bonds. The maximum absolute atomic E-state index is 11.8. The number of rotatable bonds is 9. The highest BCUT2D eigenvalue weighted by Gasteiger charge is 2.08. The molecule has 0 bridgehead atoms. The molecule has 0 spiro atoms. The van der Waals surface area contributed by atoms with Gasteiger partial charge in [-0.1, -0.05) is 18.2 Å². The Morgan fingerprint density at radius 2 is 2.11 bits per heavy atom. The second kappa shape index (κ2) is 10.7. The van der Waals surface area contributed by atoms with E-state index in [0.717, 1.165) is 16.2 Å². The summed E-state index contributed by atoms with van der Waals surface area (Å²) >= 11 is 0. The molecule has 1 heterocycles. The molecule has 0 unspecified atom stereocenters. The average Bonchev–Trinajstić information content (AvgIpc) is 2.71. The number of hydroxylamine groups is 2. The predicted molar refractivity (Wildman–Crippen MR) is 102 cm³/mol. The SMILES string of the molecule is CON(C)C(=O)COc1cccc(CCNC(=O)/C=C/c2cccnc2)c1. The topological polar surface area (TPSA) is 80.8 Å². The zero-order chi connectivity index (χ0) is 19.5. The maximum Gasteiger partial charge on any atom is 0.283 e. The van der Waals surface area contributed by atoms with Gasteiger partial charge in [0.2, 0.25) is 5.91 Å². The van der Waals surface area contributed by atoms with Crippen LogP contribution in [0.25, 0.3) is 6.08 Å². The molecule has 27 heavy (non-hydrogen) atoms. The number of ether oxygens (including phenoxy) is 1. The van der Waals surface area contributed by atoms with Crippen LogP contribution in [0.1, 0.15) is 11.1 Å². The van der Waals surface area contributed by atoms with Gasteiger partial charge in [0.25, 0.3) is 5.91 Å². The molecule has 0 saturated heterocycles. The zero-order valence-electron chi connectivity index (χ0n) is 15.4. The van der Waals surface area contributed by atoms with E-state index in [1.807, 2.05) is 30.3 Å². The second-order valence-electron chi connectivity index (χ2n) is 5.67. The molecule has 1 N–H and O–H groups in total. The van der Waals surface area contributed by atoms with Gasteiger partial charge in [0, 0.05) is 32.1 Å². The van der Waals surface area contributed by atoms with E-state index in [1.165, 1.54) is 20.2 Å². The number of likely N-dealkylation sites (N-methyl/N-ethyl adjacent to an activating group) is 1. The van der Waals surface area contributed by atoms with Gasteiger partial charge in [-0.3, -0.25) is 19.4 Å². The fourth-order valence-corrected chi connectivity index (χ4v) is 2.16. The third-order valence-corrected chi connectivity index (χ3v) is 3.71. The number of carbonyl (C=O) groups is 2. The Morgan fingerprint density at radius 1 is 1.26 bits per heavy atom. The Morgan fingerprint density at radius 3 is 2.85 bits per heavy atom. The molecule has 2 rings (SSSR count). The van der Waals surface area contributed by atoms with Crippen molar-refractivity contribution in [3.8, 4) is 5.75 Å². The number of pyridine rings is 1. The summed E-state index contributed by atoms with van der Waals surface area (Å²) in [5.74, 6) is 0.142. The summed E-state index contributed by atoms with van der Waals surface area (Å²) in [5.41, 5.74) is 1.86. The highest BCUT2D eigenvalue weighted by molar-refractivity contribution is 5.91. The smallest absolute Gasteiger partial charge is 0.283 e. The first-order chi connectivity index (χ1) is 13.1. The number of aromatic nitrogens is 1. The average molecular weight is 369 g/mol. The van der Waals surface area contributed by atoms with Crippen LogP contribution >= 0.6 is 0 Å². The molecule has 142 valence electrons. The second-order valence-corrected chi connectivity index (χ2v) is 5.67. The van der Waals surface area contributed by atoms with Gasteiger partial charge < -0.3 is 10.1 Å². The van der Waals surface area contributed by atoms with Gasteiger partial charge in [-0.25, -0.2) is 5.06 Å². The minimum Gasteiger partial charge on any atom is -0.484 e. The zero-order valence-corrected chi connectivity index (χ0v) is 15.4. The van der Waals surface area contributed by atoms with E-state index >= 15 is 0 Å². The van der Waals surface area contributed by atoms with Crippen LogP contribution in [0.5, 0.6) is 5.75 Å². The minimum atomic E-state index is -0.282. The highest BCUT2D eigenvalue weighted by atomic mass is 16.7. The first-order valence-electron chi connectivity index (χ1n) is 8.47. The van der Waals surface area contributed by atoms with Crippen molar-refractivity contribution in [2.75, 3.05) is 27.3 Å². The molecule has 0 radical (unpaired) electrons. The molecule has 1 aromatic carbocycles. The molecule has 0 aliphatic heterocycles. The van der Waals surface area contributed by atoms with Crippen molar-refractivity contribution in [3.63, 3.8) is 0 Å². The molecule has 0 atom stereocenters. The maximum atomic E-state index is 11.8. The largest absolute Gasteiger partial charge is 0.484 e. The van der Waals surface area contributed by atoms with Crippen molar-refractivity contribution in [2.45, 2.75) is 6.42 Å². The minimum absolute atomic E-state index is 0.107. The fraction of sp³-hybridized carbons (Fsp3) is 0.250. The lowest BCUT2D eigenvalue weighted by atomic mass is 10.1. The van der Waals surface area contributed by atoms with Gasteiger partial charge in [0.15, 0.2) is 6.61 Å². The van der Waals surface area contributed by atoms with Crippen LogP contribution < -0.4 is 10.1 Å². The lowest BCUT2D eigenvalue weighted by Gasteiger charge is -2.14. The van der Waals surface area contributed by atoms with Gasteiger partial charge in [-0.15, -0.1) is 0 Å². The van der Waals surface area contributed by atoms with Crippen LogP contribution in [-0.2, 0) is 20.8 Å². The Labute approximate surface area is 158 Å². The quantitative estimate of drug-likeness (QED) is 0.539. The van der Waals surface area contributed by atoms with Crippen LogP contribution in [0.2, 0.25) is 0 Å². The van der Waals surface area contributed by atoms with Crippen molar-refractivity contribution in [1.29, 1.82) is 0 Å². The summed E-state index contributed by atoms with van der Waals surface area (Å²) in [7, 11) is 2.94. The highest BCUT2D eigenvalue weighted by Crippen LogP contribution is 2.13. The van der Waals surface area contributed by atoms with E-state index < -0.39 is 0 Å². The van der Waals surface area contributed by atoms with E-state index in [1.54, 1.807) is 24.5 Å². The van der Waals surface area contributed by atoms with E-state index in [9.17, 15) is 9.59 Å². The number of carbonyl (C=O) groups excluding carboxylic acids is 2. The molecule has 7 heteroatoms. The molecule has 0 fully saturated rings. The van der Waals surface area contributed by atoms with E-state index in [4.69, 9.17) is 9.57 Å². The number of nitrogens with zero attached hydrogens (tertiary/aromatic N) is 2. The lowest BCUT2D eigenvalue weighted by molar-refractivity contribution is -0.170. The third-order valence-electron chi connectivity index (χ3n) is 3.71. The van der Waals surface area contributed by atoms with Crippen LogP contribution in [0, 0.1) is 0 Å². The number of hydrogen-bond acceptors (Lipinski definition) is 5. The summed E-state index contributed by atoms with van der Waals surface area (Å²) < 4.78 is 5.47. The summed E-state index contributed by atoms with van der Waals surface area (Å²) in [5, 5.41) is 3.94. The number of nitrogens with one attached hydrogen (secondary N) is 1. The summed E-state index contributed by atoms with van der Waals surface area (Å²) in [6.07, 6.45) is 7.21. The van der Waals surface area contributed by atoms with Crippen molar-refractivity contribution in [3.05, 3.63) is 66.0 Å². The molecule has 1 aromatic heterocycles. The molecular formula is C20H23N3O4. The van der Waals surface area contributed by atoms with Crippen molar-refractivity contribution in [1.82, 2.24) is 15.4 Å². The molecule has 2 aromatic rings. The van der Waals surface area contributed by atoms with Crippen LogP contribution in [0.4, 0.5) is 0 Å². The van der Waals surface area contributed by atoms with Crippen LogP contribution in [0.3, 0.4) is 0 Å². The number of hydrogen-bond donors (Lipinski definition) is 1. The Bertz CT molecular complexity index is 778. The van der Waals surface area contributed by atoms with E-state index in [-0.39, 0.29) is 18.4 Å². The standard InChI is InChI=1S/C20H23N3O4/c1-23(26-2)20(25)15-27-18-7-3-5-16(13-18)10-12-22-19(24)9-8-17-6-4-11-21-14-17/h3-9,11,13-14H,10,12,15H2,1-2H3,(H,22,24)/b9-8+. The van der Waals surface area contributed by atoms with Crippen molar-refractivity contribution in [2.24, 2.45) is 0 Å². The van der Waals surface area contributed by atoms with Gasteiger partial charge in [-0.2, -0.15) is 0 Å². The molecule has 7 nitrogen and oxygen atoms in total. The first-order valence-corrected chi connectivity index (χ1v) is 8.47. The predicted octanol–water partition coefficient (Wildman–Crippen LogP) is 1.85. The van der Waals surface area contributed by atoms with Crippen molar-refractivity contribution < 1.29 is 19.2 Å². The Balaban J connectivity index is 1.76. The Hall–Kier alpha value is -3.19. The Kier molecular flexibility index (Phi) is 7.99. The van der Waals surface area contributed by atoms with Crippen LogP contribution in [0.15, 0.2) is 54.9 Å². The summed E-state index contributed by atoms with van der Waals surface area (Å²) in [4.78, 5) is 32.3. The molecule has 0 aliphatic carbocycles. The normalized spacial score (nSPS) is 10.6. The van der Waals surface area contributed by atoms with Crippen LogP contribution in [-0.4, -0.2) is 49.2 Å². The van der Waals surface area contributed by atoms with E-state index in [0.29, 0.717) is 18.7 Å². The van der Waals surface area contributed by atoms with E-state index in [2.05, 4.69) is 10.3 Å². The van der Waals surface area contributed by atoms with Gasteiger partial charge in [0.1, 0.15) is 5.75 Å². The lowest BCUT2D eigenvalue weighted by Crippen LogP contribution is -2.30. The van der Waals surface area contributed by atoms with Gasteiger partial charge in [0.05, 0.1) is 7.11 Å². The molecular weight excluding hydrogens is 346 g/mol. The number of benzene rings is 1. The first kappa shape index (κ1) is 20.1. The summed E-state index contributed by atoms with van der Waals surface area (Å²) in [6.45, 7) is 0.384. The number of amides is 2. The monoisotopic (exact) mass is 369 g/mol. The van der Waals surface area contributed by atoms with Crippen molar-refractivity contribution >= 4 is 17.9 Å². The fourth-order valence-electron chi connectivity index (χ4n) is 2.16. The molecule has 0 saturated carbocycles. The molecule has 0 aliphatic rings.